The van der Waals surface area contributed by atoms with E-state index in [0.717, 1.165) is 25.7 Å². The van der Waals surface area contributed by atoms with E-state index < -0.39 is 70.8 Å². The Kier molecular flexibility index (Phi) is 11.4. The summed E-state index contributed by atoms with van der Waals surface area (Å²) in [6.07, 6.45) is 2.00. The van der Waals surface area contributed by atoms with Gasteiger partial charge >= 0.3 is 5.97 Å². The van der Waals surface area contributed by atoms with Crippen molar-refractivity contribution in [3.8, 4) is 0 Å². The second kappa shape index (κ2) is 14.5. The molecule has 0 aromatic rings. The van der Waals surface area contributed by atoms with E-state index in [-0.39, 0.29) is 59.9 Å². The van der Waals surface area contributed by atoms with Crippen molar-refractivity contribution in [3.05, 3.63) is 0 Å². The molecule has 0 saturated carbocycles. The molecular weight excluding hydrogens is 684 g/mol. The fourth-order valence-corrected chi connectivity index (χ4v) is 11.5. The molecule has 21 atom stereocenters. The maximum atomic E-state index is 12.1. The molecule has 6 rings (SSSR count). The number of carbonyl (C=O) groups is 1. The first-order valence-corrected chi connectivity index (χ1v) is 20.5. The fourth-order valence-electron chi connectivity index (χ4n) is 11.5. The number of carboxylic acid groups (broad SMARTS) is 1. The van der Waals surface area contributed by atoms with Crippen molar-refractivity contribution < 1.29 is 58.4 Å². The number of aliphatic hydroxyl groups excluding tert-OH is 1. The summed E-state index contributed by atoms with van der Waals surface area (Å²) in [5.41, 5.74) is -1.19. The standard InChI is InChI=1S/C41H70O12/c1-20-17-22(3)39(11,45)50-31(20)29-18-21(2)35(48-29)38(10)14-13-30(49-38)37(9)15-16-40(53-37)19-28(42)23(4)32(51-40)24(5)33-25(6)34(47-12)26(7)41(46,52-33)27(8)36(43)44/h20-35,42,45-46H,13-19H2,1-12H3,(H,43,44)/t20-,21-,22-,23+,24-,25+,26+,27+,28-,29-,30-,31-,32+,33+,34-,35-,37-,38-,39+,40-,41-/m1/s1. The van der Waals surface area contributed by atoms with Gasteiger partial charge in [-0.1, -0.05) is 48.5 Å². The first kappa shape index (κ1) is 41.7. The third-order valence-corrected chi connectivity index (χ3v) is 15.2. The van der Waals surface area contributed by atoms with E-state index in [1.54, 1.807) is 21.0 Å². The number of hydrogen-bond acceptors (Lipinski definition) is 11. The van der Waals surface area contributed by atoms with E-state index in [2.05, 4.69) is 27.7 Å². The molecular formula is C41H70O12. The fraction of sp³-hybridized carbons (Fsp3) is 0.976. The number of hydrogen-bond donors (Lipinski definition) is 4. The summed E-state index contributed by atoms with van der Waals surface area (Å²) < 4.78 is 46.4. The number of rotatable bonds is 8. The van der Waals surface area contributed by atoms with E-state index in [9.17, 15) is 25.2 Å². The molecule has 6 aliphatic heterocycles. The summed E-state index contributed by atoms with van der Waals surface area (Å²) >= 11 is 0. The molecule has 6 aliphatic rings. The minimum absolute atomic E-state index is 0.0508. The first-order chi connectivity index (χ1) is 24.5. The van der Waals surface area contributed by atoms with Gasteiger partial charge in [-0.25, -0.2) is 0 Å². The summed E-state index contributed by atoms with van der Waals surface area (Å²) in [7, 11) is 1.58. The van der Waals surface area contributed by atoms with Crippen LogP contribution in [0.15, 0.2) is 0 Å². The van der Waals surface area contributed by atoms with Crippen LogP contribution in [0.3, 0.4) is 0 Å². The monoisotopic (exact) mass is 754 g/mol. The van der Waals surface area contributed by atoms with Gasteiger partial charge < -0.3 is 53.6 Å². The second-order valence-corrected chi connectivity index (χ2v) is 19.2. The van der Waals surface area contributed by atoms with Crippen LogP contribution in [0.25, 0.3) is 0 Å². The maximum Gasteiger partial charge on any atom is 0.311 e. The van der Waals surface area contributed by atoms with Crippen LogP contribution >= 0.6 is 0 Å². The Morgan fingerprint density at radius 1 is 0.830 bits per heavy atom. The van der Waals surface area contributed by atoms with Gasteiger partial charge in [0.2, 0.25) is 0 Å². The SMILES string of the molecule is CO[C@@H]1[C@@H](C)[C@H]([C@H](C)[C@H]2O[C@@]3(CC[C@](C)([C@H]4CC[C@](C)([C@@H]5O[C@@H]([C@@H]6O[C@](C)(O)[C@H](C)C[C@H]6C)C[C@H]5C)O4)O3)C[C@@H](O)[C@@H]2C)O[C@@](O)([C@@H](C)C(=O)O)[C@H]1C. The Morgan fingerprint density at radius 3 is 2.13 bits per heavy atom. The molecule has 6 saturated heterocycles. The average Bonchev–Trinajstić information content (AvgIpc) is 3.78. The number of aliphatic hydroxyl groups is 3. The normalized spacial score (nSPS) is 56.1. The average molecular weight is 755 g/mol. The quantitative estimate of drug-likeness (QED) is 0.255. The van der Waals surface area contributed by atoms with Gasteiger partial charge in [0.25, 0.3) is 0 Å². The molecule has 6 fully saturated rings. The van der Waals surface area contributed by atoms with Crippen molar-refractivity contribution in [3.63, 3.8) is 0 Å². The molecule has 12 heteroatoms. The zero-order valence-corrected chi connectivity index (χ0v) is 34.2. The smallest absolute Gasteiger partial charge is 0.311 e. The second-order valence-electron chi connectivity index (χ2n) is 19.2. The van der Waals surface area contributed by atoms with Crippen molar-refractivity contribution >= 4 is 5.97 Å². The highest BCUT2D eigenvalue weighted by Gasteiger charge is 2.63. The molecule has 0 unspecified atom stereocenters. The lowest BCUT2D eigenvalue weighted by molar-refractivity contribution is -0.365. The van der Waals surface area contributed by atoms with Crippen molar-refractivity contribution in [2.75, 3.05) is 7.11 Å². The summed E-state index contributed by atoms with van der Waals surface area (Å²) in [6.45, 7) is 21.6. The van der Waals surface area contributed by atoms with Crippen molar-refractivity contribution in [1.29, 1.82) is 0 Å². The van der Waals surface area contributed by atoms with Gasteiger partial charge in [-0.15, -0.1) is 0 Å². The summed E-state index contributed by atoms with van der Waals surface area (Å²) in [5, 5.41) is 44.1. The molecule has 12 nitrogen and oxygen atoms in total. The molecule has 0 radical (unpaired) electrons. The molecule has 1 spiro atoms. The molecule has 6 heterocycles. The van der Waals surface area contributed by atoms with Gasteiger partial charge in [0.1, 0.15) is 5.92 Å². The molecule has 4 N–H and O–H groups in total. The highest BCUT2D eigenvalue weighted by molar-refractivity contribution is 5.70. The Hall–Kier alpha value is -0.930. The van der Waals surface area contributed by atoms with Crippen molar-refractivity contribution in [2.45, 2.75) is 199 Å². The van der Waals surface area contributed by atoms with E-state index in [1.165, 1.54) is 6.92 Å². The molecule has 0 aliphatic carbocycles. The minimum Gasteiger partial charge on any atom is -0.481 e. The van der Waals surface area contributed by atoms with Gasteiger partial charge in [-0.3, -0.25) is 4.79 Å². The largest absolute Gasteiger partial charge is 0.481 e. The van der Waals surface area contributed by atoms with Gasteiger partial charge in [-0.05, 0) is 71.6 Å². The zero-order chi connectivity index (χ0) is 39.2. The number of aliphatic carboxylic acids is 1. The van der Waals surface area contributed by atoms with Crippen LogP contribution in [-0.4, -0.2) is 111 Å². The number of carboxylic acids is 1. The van der Waals surface area contributed by atoms with Crippen LogP contribution in [0.5, 0.6) is 0 Å². The first-order valence-electron chi connectivity index (χ1n) is 20.5. The Balaban J connectivity index is 1.15. The number of methoxy groups -OCH3 is 1. The third-order valence-electron chi connectivity index (χ3n) is 15.2. The van der Waals surface area contributed by atoms with Crippen molar-refractivity contribution in [2.24, 2.45) is 47.3 Å². The highest BCUT2D eigenvalue weighted by atomic mass is 16.7. The zero-order valence-electron chi connectivity index (χ0n) is 34.2. The van der Waals surface area contributed by atoms with Crippen LogP contribution in [0.4, 0.5) is 0 Å². The van der Waals surface area contributed by atoms with Crippen molar-refractivity contribution in [1.82, 2.24) is 0 Å². The van der Waals surface area contributed by atoms with E-state index in [0.29, 0.717) is 19.3 Å². The van der Waals surface area contributed by atoms with E-state index in [4.69, 9.17) is 33.2 Å². The Labute approximate surface area is 316 Å². The predicted molar refractivity (Wildman–Crippen MR) is 194 cm³/mol. The Bertz CT molecular complexity index is 1330. The van der Waals surface area contributed by atoms with Gasteiger partial charge in [0, 0.05) is 49.5 Å². The third kappa shape index (κ3) is 7.16. The maximum absolute atomic E-state index is 12.1. The van der Waals surface area contributed by atoms with Gasteiger partial charge in [0.05, 0.1) is 60.0 Å². The summed E-state index contributed by atoms with van der Waals surface area (Å²) in [4.78, 5) is 12.1. The lowest BCUT2D eigenvalue weighted by Gasteiger charge is -2.54. The van der Waals surface area contributed by atoms with Crippen LogP contribution in [0.2, 0.25) is 0 Å². The van der Waals surface area contributed by atoms with E-state index >= 15 is 0 Å². The lowest BCUT2D eigenvalue weighted by Crippen LogP contribution is -2.65. The van der Waals surface area contributed by atoms with Gasteiger partial charge in [0.15, 0.2) is 17.4 Å². The molecule has 0 bridgehead atoms. The molecule has 0 aromatic heterocycles. The van der Waals surface area contributed by atoms with Crippen LogP contribution < -0.4 is 0 Å². The highest BCUT2D eigenvalue weighted by Crippen LogP contribution is 2.55. The topological polar surface area (TPSA) is 163 Å². The minimum atomic E-state index is -1.96. The lowest BCUT2D eigenvalue weighted by atomic mass is 9.71. The summed E-state index contributed by atoms with van der Waals surface area (Å²) in [5.74, 6) is -7.35. The molecule has 0 aromatic carbocycles. The molecule has 0 amide bonds. The van der Waals surface area contributed by atoms with Gasteiger partial charge in [-0.2, -0.15) is 0 Å². The van der Waals surface area contributed by atoms with Crippen LogP contribution in [0.1, 0.15) is 121 Å². The van der Waals surface area contributed by atoms with Crippen LogP contribution in [-0.2, 0) is 38.0 Å². The predicted octanol–water partition coefficient (Wildman–Crippen LogP) is 5.27. The molecule has 53 heavy (non-hydrogen) atoms. The molecule has 306 valence electrons. The van der Waals surface area contributed by atoms with Crippen LogP contribution in [0, 0.1) is 47.3 Å². The Morgan fingerprint density at radius 2 is 1.49 bits per heavy atom. The van der Waals surface area contributed by atoms with E-state index in [1.807, 2.05) is 27.7 Å². The number of ether oxygens (including phenoxy) is 7. The summed E-state index contributed by atoms with van der Waals surface area (Å²) in [6, 6.07) is 0.